The minimum atomic E-state index is -0.913. The second-order valence-electron chi connectivity index (χ2n) is 6.96. The number of nitrogens with one attached hydrogen (secondary N) is 1. The lowest BCUT2D eigenvalue weighted by atomic mass is 9.78. The molecule has 5 nitrogen and oxygen atoms in total. The largest absolute Gasteiger partial charge is 0.481 e. The van der Waals surface area contributed by atoms with Crippen molar-refractivity contribution in [1.82, 2.24) is 0 Å². The van der Waals surface area contributed by atoms with Crippen molar-refractivity contribution in [3.8, 4) is 11.1 Å². The van der Waals surface area contributed by atoms with Gasteiger partial charge in [0, 0.05) is 16.8 Å². The molecule has 1 amide bonds. The molecule has 4 rings (SSSR count). The number of aliphatic carboxylic acids is 1. The number of carbonyl (C=O) groups is 3. The van der Waals surface area contributed by atoms with E-state index < -0.39 is 17.8 Å². The lowest BCUT2D eigenvalue weighted by Gasteiger charge is -2.27. The third-order valence-electron chi connectivity index (χ3n) is 5.41. The summed E-state index contributed by atoms with van der Waals surface area (Å²) in [6.07, 6.45) is 2.82. The lowest BCUT2D eigenvalue weighted by molar-refractivity contribution is -0.147. The molecule has 0 unspecified atom stereocenters. The van der Waals surface area contributed by atoms with E-state index in [2.05, 4.69) is 5.32 Å². The summed E-state index contributed by atoms with van der Waals surface area (Å²) in [5.74, 6) is -2.40. The van der Waals surface area contributed by atoms with Gasteiger partial charge in [-0.2, -0.15) is 0 Å². The Hall–Kier alpha value is -2.95. The van der Waals surface area contributed by atoms with Crippen LogP contribution in [0.4, 0.5) is 5.69 Å². The van der Waals surface area contributed by atoms with Crippen LogP contribution in [0, 0.1) is 11.8 Å². The Morgan fingerprint density at radius 1 is 0.885 bits per heavy atom. The molecule has 2 aliphatic rings. The summed E-state index contributed by atoms with van der Waals surface area (Å²) in [4.78, 5) is 36.6. The molecule has 0 heterocycles. The van der Waals surface area contributed by atoms with Crippen LogP contribution in [0.3, 0.4) is 0 Å². The Balaban J connectivity index is 1.58. The van der Waals surface area contributed by atoms with Crippen molar-refractivity contribution in [2.75, 3.05) is 5.32 Å². The van der Waals surface area contributed by atoms with Gasteiger partial charge in [-0.05, 0) is 36.1 Å². The number of hydrogen-bond acceptors (Lipinski definition) is 3. The minimum absolute atomic E-state index is 0.0484. The molecule has 1 saturated carbocycles. The van der Waals surface area contributed by atoms with Gasteiger partial charge in [0.1, 0.15) is 0 Å². The van der Waals surface area contributed by atoms with E-state index in [4.69, 9.17) is 0 Å². The molecule has 0 saturated heterocycles. The molecular formula is C21H19NO4. The molecule has 0 aromatic heterocycles. The quantitative estimate of drug-likeness (QED) is 0.755. The summed E-state index contributed by atoms with van der Waals surface area (Å²) in [5.41, 5.74) is 3.55. The van der Waals surface area contributed by atoms with E-state index in [0.717, 1.165) is 24.0 Å². The number of fused-ring (bicyclic) bond motifs is 3. The number of rotatable bonds is 3. The van der Waals surface area contributed by atoms with Crippen molar-refractivity contribution in [3.63, 3.8) is 0 Å². The maximum absolute atomic E-state index is 12.6. The van der Waals surface area contributed by atoms with E-state index in [1.165, 1.54) is 0 Å². The van der Waals surface area contributed by atoms with Crippen LogP contribution in [0.25, 0.3) is 11.1 Å². The second kappa shape index (κ2) is 6.41. The normalized spacial score (nSPS) is 21.0. The fourth-order valence-electron chi connectivity index (χ4n) is 4.08. The molecule has 0 radical (unpaired) electrons. The summed E-state index contributed by atoms with van der Waals surface area (Å²) >= 11 is 0. The summed E-state index contributed by atoms with van der Waals surface area (Å²) in [6.45, 7) is 0. The monoisotopic (exact) mass is 349 g/mol. The van der Waals surface area contributed by atoms with Crippen molar-refractivity contribution in [3.05, 3.63) is 53.6 Å². The fraction of sp³-hybridized carbons (Fsp3) is 0.286. The Morgan fingerprint density at radius 3 is 2.27 bits per heavy atom. The van der Waals surface area contributed by atoms with Crippen molar-refractivity contribution >= 4 is 23.3 Å². The topological polar surface area (TPSA) is 83.5 Å². The highest BCUT2D eigenvalue weighted by atomic mass is 16.4. The Kier molecular flexibility index (Phi) is 4.07. The molecular weight excluding hydrogens is 330 g/mol. The van der Waals surface area contributed by atoms with Crippen LogP contribution >= 0.6 is 0 Å². The van der Waals surface area contributed by atoms with Crippen LogP contribution in [0.5, 0.6) is 0 Å². The van der Waals surface area contributed by atoms with Crippen molar-refractivity contribution in [1.29, 1.82) is 0 Å². The molecule has 0 aliphatic heterocycles. The number of carboxylic acid groups (broad SMARTS) is 1. The van der Waals surface area contributed by atoms with Crippen LogP contribution in [-0.4, -0.2) is 22.8 Å². The number of hydrogen-bond donors (Lipinski definition) is 2. The molecule has 2 atom stereocenters. The van der Waals surface area contributed by atoms with Crippen LogP contribution in [-0.2, 0) is 9.59 Å². The van der Waals surface area contributed by atoms with Crippen LogP contribution in [0.2, 0.25) is 0 Å². The smallest absolute Gasteiger partial charge is 0.307 e. The van der Waals surface area contributed by atoms with Gasteiger partial charge >= 0.3 is 5.97 Å². The first kappa shape index (κ1) is 16.5. The van der Waals surface area contributed by atoms with Gasteiger partial charge in [-0.15, -0.1) is 0 Å². The Bertz CT molecular complexity index is 918. The third kappa shape index (κ3) is 2.69. The molecule has 0 bridgehead atoms. The lowest BCUT2D eigenvalue weighted by Crippen LogP contribution is -2.36. The van der Waals surface area contributed by atoms with E-state index in [1.54, 1.807) is 18.2 Å². The number of benzene rings is 2. The highest BCUT2D eigenvalue weighted by molar-refractivity contribution is 6.22. The molecule has 0 spiro atoms. The average Bonchev–Trinajstić information content (AvgIpc) is 2.94. The number of ketones is 1. The second-order valence-corrected chi connectivity index (χ2v) is 6.96. The van der Waals surface area contributed by atoms with Crippen molar-refractivity contribution < 1.29 is 19.5 Å². The third-order valence-corrected chi connectivity index (χ3v) is 5.41. The minimum Gasteiger partial charge on any atom is -0.481 e. The number of carbonyl (C=O) groups excluding carboxylic acids is 2. The van der Waals surface area contributed by atoms with E-state index in [1.807, 2.05) is 24.3 Å². The van der Waals surface area contributed by atoms with Gasteiger partial charge < -0.3 is 10.4 Å². The van der Waals surface area contributed by atoms with Gasteiger partial charge in [0.15, 0.2) is 5.78 Å². The van der Waals surface area contributed by atoms with E-state index in [-0.39, 0.29) is 11.7 Å². The summed E-state index contributed by atoms with van der Waals surface area (Å²) < 4.78 is 0. The van der Waals surface area contributed by atoms with Gasteiger partial charge in [-0.1, -0.05) is 43.2 Å². The van der Waals surface area contributed by atoms with Crippen LogP contribution < -0.4 is 5.32 Å². The molecule has 5 heteroatoms. The first-order chi connectivity index (χ1) is 12.6. The summed E-state index contributed by atoms with van der Waals surface area (Å²) in [7, 11) is 0. The zero-order valence-corrected chi connectivity index (χ0v) is 14.2. The standard InChI is InChI=1S/C21H19NO4/c23-19-15-6-2-1-5-13(15)14-10-9-12(11-18(14)19)22-20(24)16-7-3-4-8-17(16)21(25)26/h1-2,5-6,9-11,16-17H,3-4,7-8H2,(H,22,24)(H,25,26)/t16-,17-/m1/s1. The summed E-state index contributed by atoms with van der Waals surface area (Å²) in [6, 6.07) is 12.7. The van der Waals surface area contributed by atoms with Gasteiger partial charge in [-0.25, -0.2) is 0 Å². The van der Waals surface area contributed by atoms with Gasteiger partial charge in [0.25, 0.3) is 0 Å². The first-order valence-electron chi connectivity index (χ1n) is 8.88. The molecule has 2 N–H and O–H groups in total. The fourth-order valence-corrected chi connectivity index (χ4v) is 4.08. The molecule has 2 aromatic carbocycles. The van der Waals surface area contributed by atoms with Crippen LogP contribution in [0.1, 0.15) is 41.6 Å². The maximum Gasteiger partial charge on any atom is 0.307 e. The van der Waals surface area contributed by atoms with E-state index >= 15 is 0 Å². The van der Waals surface area contributed by atoms with Crippen molar-refractivity contribution in [2.24, 2.45) is 11.8 Å². The zero-order valence-electron chi connectivity index (χ0n) is 14.2. The Labute approximate surface area is 151 Å². The van der Waals surface area contributed by atoms with Crippen molar-refractivity contribution in [2.45, 2.75) is 25.7 Å². The molecule has 1 fully saturated rings. The molecule has 2 aromatic rings. The predicted octanol–water partition coefficient (Wildman–Crippen LogP) is 3.73. The molecule has 132 valence electrons. The SMILES string of the molecule is O=C1c2ccccc2-c2ccc(NC(=O)[C@@H]3CCCC[C@H]3C(=O)O)cc21. The predicted molar refractivity (Wildman–Crippen MR) is 97.0 cm³/mol. The van der Waals surface area contributed by atoms with Gasteiger partial charge in [0.05, 0.1) is 11.8 Å². The molecule has 2 aliphatic carbocycles. The number of amides is 1. The highest BCUT2D eigenvalue weighted by Gasteiger charge is 2.36. The van der Waals surface area contributed by atoms with E-state index in [9.17, 15) is 19.5 Å². The Morgan fingerprint density at radius 2 is 1.54 bits per heavy atom. The summed E-state index contributed by atoms with van der Waals surface area (Å²) in [5, 5.41) is 12.2. The first-order valence-corrected chi connectivity index (χ1v) is 8.88. The zero-order chi connectivity index (χ0) is 18.3. The van der Waals surface area contributed by atoms with Crippen LogP contribution in [0.15, 0.2) is 42.5 Å². The maximum atomic E-state index is 12.6. The molecule has 26 heavy (non-hydrogen) atoms. The van der Waals surface area contributed by atoms with E-state index in [0.29, 0.717) is 29.7 Å². The number of carboxylic acids is 1. The van der Waals surface area contributed by atoms with Gasteiger partial charge in [0.2, 0.25) is 5.91 Å². The average molecular weight is 349 g/mol. The van der Waals surface area contributed by atoms with Gasteiger partial charge in [-0.3, -0.25) is 14.4 Å². The highest BCUT2D eigenvalue weighted by Crippen LogP contribution is 2.38. The number of anilines is 1.